The van der Waals surface area contributed by atoms with Crippen molar-refractivity contribution in [2.24, 2.45) is 0 Å². The third kappa shape index (κ3) is 3.98. The Labute approximate surface area is 185 Å². The van der Waals surface area contributed by atoms with Gasteiger partial charge in [0.2, 0.25) is 5.71 Å². The van der Waals surface area contributed by atoms with Gasteiger partial charge in [-0.2, -0.15) is 0 Å². The van der Waals surface area contributed by atoms with E-state index in [0.717, 1.165) is 16.7 Å². The summed E-state index contributed by atoms with van der Waals surface area (Å²) in [6.07, 6.45) is 1.43. The second-order valence-electron chi connectivity index (χ2n) is 7.05. The number of rotatable bonds is 9. The minimum atomic E-state index is -0.0768. The van der Waals surface area contributed by atoms with Crippen LogP contribution in [0.5, 0.6) is 11.5 Å². The summed E-state index contributed by atoms with van der Waals surface area (Å²) in [7, 11) is 3.18. The van der Waals surface area contributed by atoms with E-state index in [2.05, 4.69) is 9.97 Å². The van der Waals surface area contributed by atoms with Gasteiger partial charge in [-0.15, -0.1) is 0 Å². The molecular weight excluding hydrogens is 410 g/mol. The first-order valence-corrected chi connectivity index (χ1v) is 10.2. The van der Waals surface area contributed by atoms with E-state index < -0.39 is 0 Å². The van der Waals surface area contributed by atoms with Gasteiger partial charge in [-0.25, -0.2) is 9.97 Å². The maximum atomic E-state index is 9.56. The molecule has 4 rings (SSSR count). The zero-order chi connectivity index (χ0) is 22.5. The number of anilines is 1. The Bertz CT molecular complexity index is 1190. The Hall–Kier alpha value is -3.62. The Kier molecular flexibility index (Phi) is 6.53. The van der Waals surface area contributed by atoms with Gasteiger partial charge in [0.25, 0.3) is 0 Å². The van der Waals surface area contributed by atoms with E-state index in [9.17, 15) is 10.2 Å². The first kappa shape index (κ1) is 21.6. The van der Waals surface area contributed by atoms with Gasteiger partial charge in [0.05, 0.1) is 32.8 Å². The molecule has 0 bridgehead atoms. The first-order valence-electron chi connectivity index (χ1n) is 10.2. The Balaban J connectivity index is 2.02. The number of aliphatic hydroxyl groups is 2. The standard InChI is InChI=1S/C24H25N3O5/c1-30-18-9-8-17(14-19(18)31-2)22-20(16-6-4-3-5-7-16)21-23(25-15-26-24(21)32-22)27(10-12-28)11-13-29/h3-9,14-15,28-29H,10-13H2,1-2H3. The van der Waals surface area contributed by atoms with Gasteiger partial charge in [0.15, 0.2) is 11.5 Å². The highest BCUT2D eigenvalue weighted by atomic mass is 16.5. The van der Waals surface area contributed by atoms with Crippen LogP contribution in [0.1, 0.15) is 0 Å². The van der Waals surface area contributed by atoms with Crippen LogP contribution in [0.3, 0.4) is 0 Å². The number of hydrogen-bond donors (Lipinski definition) is 2. The van der Waals surface area contributed by atoms with Gasteiger partial charge in [0.1, 0.15) is 17.9 Å². The van der Waals surface area contributed by atoms with Crippen molar-refractivity contribution < 1.29 is 24.1 Å². The molecule has 166 valence electrons. The first-order chi connectivity index (χ1) is 15.7. The molecule has 0 radical (unpaired) electrons. The summed E-state index contributed by atoms with van der Waals surface area (Å²) >= 11 is 0. The van der Waals surface area contributed by atoms with E-state index in [1.54, 1.807) is 14.2 Å². The lowest BCUT2D eigenvalue weighted by atomic mass is 9.99. The van der Waals surface area contributed by atoms with E-state index >= 15 is 0 Å². The van der Waals surface area contributed by atoms with Crippen LogP contribution in [0, 0.1) is 0 Å². The van der Waals surface area contributed by atoms with Crippen molar-refractivity contribution in [2.45, 2.75) is 0 Å². The molecule has 0 saturated heterocycles. The minimum Gasteiger partial charge on any atom is -0.493 e. The third-order valence-corrected chi connectivity index (χ3v) is 5.22. The predicted octanol–water partition coefficient (Wildman–Crippen LogP) is 3.37. The fourth-order valence-corrected chi connectivity index (χ4v) is 3.78. The third-order valence-electron chi connectivity index (χ3n) is 5.22. The fourth-order valence-electron chi connectivity index (χ4n) is 3.78. The Morgan fingerprint density at radius 1 is 0.875 bits per heavy atom. The molecule has 0 atom stereocenters. The maximum absolute atomic E-state index is 9.56. The molecule has 2 N–H and O–H groups in total. The normalized spacial score (nSPS) is 11.0. The molecule has 0 spiro atoms. The van der Waals surface area contributed by atoms with Crippen LogP contribution in [-0.2, 0) is 0 Å². The molecule has 0 unspecified atom stereocenters. The lowest BCUT2D eigenvalue weighted by Gasteiger charge is -2.22. The lowest BCUT2D eigenvalue weighted by molar-refractivity contribution is 0.281. The topological polar surface area (TPSA) is 101 Å². The van der Waals surface area contributed by atoms with Gasteiger partial charge >= 0.3 is 0 Å². The summed E-state index contributed by atoms with van der Waals surface area (Å²) in [4.78, 5) is 10.7. The van der Waals surface area contributed by atoms with Gasteiger partial charge in [0, 0.05) is 24.2 Å². The lowest BCUT2D eigenvalue weighted by Crippen LogP contribution is -2.30. The largest absolute Gasteiger partial charge is 0.493 e. The van der Waals surface area contributed by atoms with Crippen molar-refractivity contribution in [1.29, 1.82) is 0 Å². The van der Waals surface area contributed by atoms with Crippen LogP contribution in [0.2, 0.25) is 0 Å². The zero-order valence-electron chi connectivity index (χ0n) is 18.0. The van der Waals surface area contributed by atoms with Gasteiger partial charge in [-0.05, 0) is 23.8 Å². The highest BCUT2D eigenvalue weighted by Crippen LogP contribution is 2.44. The number of nitrogens with zero attached hydrogens (tertiary/aromatic N) is 3. The Morgan fingerprint density at radius 2 is 1.59 bits per heavy atom. The van der Waals surface area contributed by atoms with E-state index in [-0.39, 0.29) is 13.2 Å². The van der Waals surface area contributed by atoms with E-state index in [1.807, 2.05) is 53.4 Å². The van der Waals surface area contributed by atoms with Crippen molar-refractivity contribution in [3.63, 3.8) is 0 Å². The number of hydrogen-bond acceptors (Lipinski definition) is 8. The number of fused-ring (bicyclic) bond motifs is 1. The number of methoxy groups -OCH3 is 2. The van der Waals surface area contributed by atoms with E-state index in [4.69, 9.17) is 13.9 Å². The molecule has 0 aliphatic rings. The second-order valence-corrected chi connectivity index (χ2v) is 7.05. The summed E-state index contributed by atoms with van der Waals surface area (Å²) in [6.45, 7) is 0.481. The molecule has 2 aromatic heterocycles. The molecule has 0 aliphatic carbocycles. The quantitative estimate of drug-likeness (QED) is 0.413. The number of aliphatic hydroxyl groups excluding tert-OH is 2. The van der Waals surface area contributed by atoms with Crippen LogP contribution in [-0.4, -0.2) is 60.7 Å². The average molecular weight is 435 g/mol. The van der Waals surface area contributed by atoms with Crippen LogP contribution in [0.15, 0.2) is 59.3 Å². The smallest absolute Gasteiger partial charge is 0.232 e. The maximum Gasteiger partial charge on any atom is 0.232 e. The summed E-state index contributed by atoms with van der Waals surface area (Å²) in [6, 6.07) is 15.4. The van der Waals surface area contributed by atoms with Crippen molar-refractivity contribution >= 4 is 16.9 Å². The summed E-state index contributed by atoms with van der Waals surface area (Å²) in [5.41, 5.74) is 2.96. The second kappa shape index (κ2) is 9.67. The minimum absolute atomic E-state index is 0.0768. The zero-order valence-corrected chi connectivity index (χ0v) is 18.0. The molecule has 2 aromatic carbocycles. The highest BCUT2D eigenvalue weighted by molar-refractivity contribution is 6.06. The molecule has 4 aromatic rings. The van der Waals surface area contributed by atoms with Crippen molar-refractivity contribution in [3.8, 4) is 33.9 Å². The summed E-state index contributed by atoms with van der Waals surface area (Å²) in [5.74, 6) is 2.40. The SMILES string of the molecule is COc1ccc(-c2oc3ncnc(N(CCO)CCO)c3c2-c2ccccc2)cc1OC. The van der Waals surface area contributed by atoms with Crippen molar-refractivity contribution in [3.05, 3.63) is 54.9 Å². The summed E-state index contributed by atoms with van der Waals surface area (Å²) < 4.78 is 17.1. The van der Waals surface area contributed by atoms with Crippen LogP contribution in [0.4, 0.5) is 5.82 Å². The monoisotopic (exact) mass is 435 g/mol. The fraction of sp³-hybridized carbons (Fsp3) is 0.250. The number of ether oxygens (including phenoxy) is 2. The van der Waals surface area contributed by atoms with Gasteiger partial charge < -0.3 is 29.0 Å². The summed E-state index contributed by atoms with van der Waals surface area (Å²) in [5, 5.41) is 19.8. The Morgan fingerprint density at radius 3 is 2.25 bits per heavy atom. The molecule has 8 nitrogen and oxygen atoms in total. The van der Waals surface area contributed by atoms with Gasteiger partial charge in [-0.1, -0.05) is 30.3 Å². The van der Waals surface area contributed by atoms with Crippen molar-refractivity contribution in [2.75, 3.05) is 45.4 Å². The van der Waals surface area contributed by atoms with Crippen LogP contribution in [0.25, 0.3) is 33.6 Å². The molecule has 8 heteroatoms. The number of benzene rings is 2. The van der Waals surface area contributed by atoms with Crippen LogP contribution >= 0.6 is 0 Å². The molecule has 0 saturated carbocycles. The number of furan rings is 1. The highest BCUT2D eigenvalue weighted by Gasteiger charge is 2.25. The predicted molar refractivity (Wildman–Crippen MR) is 122 cm³/mol. The average Bonchev–Trinajstić information content (AvgIpc) is 3.24. The van der Waals surface area contributed by atoms with Crippen LogP contribution < -0.4 is 14.4 Å². The number of aromatic nitrogens is 2. The van der Waals surface area contributed by atoms with Crippen molar-refractivity contribution in [1.82, 2.24) is 9.97 Å². The molecule has 0 aliphatic heterocycles. The molecule has 2 heterocycles. The molecule has 0 amide bonds. The molecule has 0 fully saturated rings. The molecule has 32 heavy (non-hydrogen) atoms. The molecular formula is C24H25N3O5. The van der Waals surface area contributed by atoms with Gasteiger partial charge in [-0.3, -0.25) is 0 Å². The van der Waals surface area contributed by atoms with E-state index in [1.165, 1.54) is 6.33 Å². The van der Waals surface area contributed by atoms with E-state index in [0.29, 0.717) is 47.3 Å².